The van der Waals surface area contributed by atoms with E-state index >= 15 is 0 Å². The highest BCUT2D eigenvalue weighted by atomic mass is 16.5. The summed E-state index contributed by atoms with van der Waals surface area (Å²) in [6.45, 7) is 15.1. The highest BCUT2D eigenvalue weighted by molar-refractivity contribution is 4.61. The van der Waals surface area contributed by atoms with Crippen LogP contribution in [0, 0.1) is 11.8 Å². The van der Waals surface area contributed by atoms with Crippen LogP contribution in [0.3, 0.4) is 0 Å². The van der Waals surface area contributed by atoms with Gasteiger partial charge in [-0.05, 0) is 31.2 Å². The van der Waals surface area contributed by atoms with Gasteiger partial charge in [-0.15, -0.1) is 0 Å². The lowest BCUT2D eigenvalue weighted by atomic mass is 10.1. The topological polar surface area (TPSA) is 21.7 Å². The van der Waals surface area contributed by atoms with Crippen molar-refractivity contribution in [3.8, 4) is 0 Å². The van der Waals surface area contributed by atoms with Crippen molar-refractivity contribution in [1.29, 1.82) is 0 Å². The largest absolute Gasteiger partial charge is 0.384 e. The van der Waals surface area contributed by atoms with E-state index in [1.807, 2.05) is 0 Å². The van der Waals surface area contributed by atoms with Gasteiger partial charge in [0.1, 0.15) is 0 Å². The molecule has 0 aromatic carbocycles. The summed E-state index contributed by atoms with van der Waals surface area (Å²) in [5.41, 5.74) is 0. The SMILES string of the molecule is CC(C)CCCN1CCOCC1.COCC(C)C. The maximum absolute atomic E-state index is 5.29. The fourth-order valence-electron chi connectivity index (χ4n) is 1.88. The lowest BCUT2D eigenvalue weighted by molar-refractivity contribution is 0.0368. The maximum atomic E-state index is 5.29. The van der Waals surface area contributed by atoms with Gasteiger partial charge in [-0.1, -0.05) is 27.7 Å². The molecule has 0 radical (unpaired) electrons. The van der Waals surface area contributed by atoms with Crippen LogP contribution in [0.2, 0.25) is 0 Å². The molecule has 0 amide bonds. The van der Waals surface area contributed by atoms with Crippen LogP contribution in [-0.4, -0.2) is 51.5 Å². The zero-order valence-electron chi connectivity index (χ0n) is 13.1. The van der Waals surface area contributed by atoms with Crippen LogP contribution in [0.4, 0.5) is 0 Å². The molecule has 1 aliphatic rings. The Morgan fingerprint density at radius 1 is 1.06 bits per heavy atom. The van der Waals surface area contributed by atoms with Crippen molar-refractivity contribution in [1.82, 2.24) is 4.90 Å². The van der Waals surface area contributed by atoms with Crippen molar-refractivity contribution in [2.75, 3.05) is 46.6 Å². The zero-order chi connectivity index (χ0) is 13.8. The number of hydrogen-bond donors (Lipinski definition) is 0. The van der Waals surface area contributed by atoms with Gasteiger partial charge < -0.3 is 9.47 Å². The number of ether oxygens (including phenoxy) is 2. The average molecular weight is 259 g/mol. The zero-order valence-corrected chi connectivity index (χ0v) is 13.1. The lowest BCUT2D eigenvalue weighted by Crippen LogP contribution is -2.36. The number of hydrogen-bond acceptors (Lipinski definition) is 3. The van der Waals surface area contributed by atoms with Gasteiger partial charge in [-0.2, -0.15) is 0 Å². The smallest absolute Gasteiger partial charge is 0.0594 e. The molecule has 0 spiro atoms. The quantitative estimate of drug-likeness (QED) is 0.732. The third-order valence-electron chi connectivity index (χ3n) is 2.86. The minimum atomic E-state index is 0.676. The summed E-state index contributed by atoms with van der Waals surface area (Å²) < 4.78 is 10.1. The van der Waals surface area contributed by atoms with Gasteiger partial charge in [0, 0.05) is 26.8 Å². The summed E-state index contributed by atoms with van der Waals surface area (Å²) in [6.07, 6.45) is 2.70. The first kappa shape index (κ1) is 17.9. The average Bonchev–Trinajstić information content (AvgIpc) is 2.30. The van der Waals surface area contributed by atoms with E-state index < -0.39 is 0 Å². The second kappa shape index (κ2) is 11.9. The number of methoxy groups -OCH3 is 1. The van der Waals surface area contributed by atoms with Crippen molar-refractivity contribution < 1.29 is 9.47 Å². The Morgan fingerprint density at radius 2 is 1.67 bits per heavy atom. The Labute approximate surface area is 114 Å². The van der Waals surface area contributed by atoms with Crippen molar-refractivity contribution in [3.63, 3.8) is 0 Å². The molecule has 3 nitrogen and oxygen atoms in total. The first-order chi connectivity index (χ1) is 8.56. The first-order valence-electron chi connectivity index (χ1n) is 7.35. The molecule has 1 saturated heterocycles. The molecule has 1 fully saturated rings. The van der Waals surface area contributed by atoms with Crippen LogP contribution in [0.5, 0.6) is 0 Å². The van der Waals surface area contributed by atoms with E-state index in [-0.39, 0.29) is 0 Å². The molecule has 0 atom stereocenters. The molecule has 0 bridgehead atoms. The van der Waals surface area contributed by atoms with Crippen molar-refractivity contribution in [3.05, 3.63) is 0 Å². The van der Waals surface area contributed by atoms with E-state index in [0.717, 1.165) is 38.8 Å². The van der Waals surface area contributed by atoms with Gasteiger partial charge >= 0.3 is 0 Å². The molecule has 0 saturated carbocycles. The van der Waals surface area contributed by atoms with Crippen molar-refractivity contribution in [2.45, 2.75) is 40.5 Å². The van der Waals surface area contributed by atoms with E-state index in [1.54, 1.807) is 7.11 Å². The molecular weight excluding hydrogens is 226 g/mol. The standard InChI is InChI=1S/C10H21NO.C5H12O/c1-10(2)4-3-5-11-6-8-12-9-7-11;1-5(2)4-6-3/h10H,3-9H2,1-2H3;5H,4H2,1-3H3. The van der Waals surface area contributed by atoms with Crippen LogP contribution >= 0.6 is 0 Å². The molecule has 0 aromatic rings. The summed E-state index contributed by atoms with van der Waals surface area (Å²) in [7, 11) is 1.72. The molecule has 18 heavy (non-hydrogen) atoms. The molecule has 110 valence electrons. The fraction of sp³-hybridized carbons (Fsp3) is 1.00. The summed E-state index contributed by atoms with van der Waals surface area (Å²) in [5, 5.41) is 0. The summed E-state index contributed by atoms with van der Waals surface area (Å²) in [5.74, 6) is 1.53. The van der Waals surface area contributed by atoms with Crippen LogP contribution in [-0.2, 0) is 9.47 Å². The van der Waals surface area contributed by atoms with Gasteiger partial charge in [-0.25, -0.2) is 0 Å². The Morgan fingerprint density at radius 3 is 2.06 bits per heavy atom. The van der Waals surface area contributed by atoms with Crippen LogP contribution in [0.15, 0.2) is 0 Å². The Bertz CT molecular complexity index is 166. The Balaban J connectivity index is 0.000000411. The molecule has 0 aromatic heterocycles. The highest BCUT2D eigenvalue weighted by Gasteiger charge is 2.09. The van der Waals surface area contributed by atoms with Gasteiger partial charge in [0.05, 0.1) is 13.2 Å². The fourth-order valence-corrected chi connectivity index (χ4v) is 1.88. The molecule has 0 unspecified atom stereocenters. The maximum Gasteiger partial charge on any atom is 0.0594 e. The van der Waals surface area contributed by atoms with Gasteiger partial charge in [0.15, 0.2) is 0 Å². The predicted octanol–water partition coefficient (Wildman–Crippen LogP) is 3.04. The lowest BCUT2D eigenvalue weighted by Gasteiger charge is -2.26. The Kier molecular flexibility index (Phi) is 11.9. The van der Waals surface area contributed by atoms with E-state index in [0.29, 0.717) is 5.92 Å². The minimum Gasteiger partial charge on any atom is -0.384 e. The molecule has 1 heterocycles. The van der Waals surface area contributed by atoms with Crippen LogP contribution in [0.1, 0.15) is 40.5 Å². The normalized spacial score (nSPS) is 16.8. The summed E-state index contributed by atoms with van der Waals surface area (Å²) in [6, 6.07) is 0. The molecule has 0 N–H and O–H groups in total. The molecular formula is C15H33NO2. The summed E-state index contributed by atoms with van der Waals surface area (Å²) >= 11 is 0. The van der Waals surface area contributed by atoms with E-state index in [2.05, 4.69) is 32.6 Å². The molecule has 1 rings (SSSR count). The van der Waals surface area contributed by atoms with Crippen molar-refractivity contribution >= 4 is 0 Å². The summed E-state index contributed by atoms with van der Waals surface area (Å²) in [4.78, 5) is 2.51. The van der Waals surface area contributed by atoms with Gasteiger partial charge in [-0.3, -0.25) is 4.90 Å². The first-order valence-corrected chi connectivity index (χ1v) is 7.35. The third-order valence-corrected chi connectivity index (χ3v) is 2.86. The highest BCUT2D eigenvalue weighted by Crippen LogP contribution is 2.05. The second-order valence-electron chi connectivity index (χ2n) is 5.84. The van der Waals surface area contributed by atoms with Crippen LogP contribution in [0.25, 0.3) is 0 Å². The monoisotopic (exact) mass is 259 g/mol. The second-order valence-corrected chi connectivity index (χ2v) is 5.84. The molecule has 0 aliphatic carbocycles. The molecule has 1 aliphatic heterocycles. The van der Waals surface area contributed by atoms with E-state index in [9.17, 15) is 0 Å². The number of morpholine rings is 1. The number of nitrogens with zero attached hydrogens (tertiary/aromatic N) is 1. The Hall–Kier alpha value is -0.120. The number of rotatable bonds is 6. The van der Waals surface area contributed by atoms with Gasteiger partial charge in [0.25, 0.3) is 0 Å². The van der Waals surface area contributed by atoms with Crippen molar-refractivity contribution in [2.24, 2.45) is 11.8 Å². The van der Waals surface area contributed by atoms with Crippen LogP contribution < -0.4 is 0 Å². The predicted molar refractivity (Wildman–Crippen MR) is 78.0 cm³/mol. The van der Waals surface area contributed by atoms with E-state index in [1.165, 1.54) is 19.4 Å². The van der Waals surface area contributed by atoms with Gasteiger partial charge in [0.2, 0.25) is 0 Å². The molecule has 3 heteroatoms. The minimum absolute atomic E-state index is 0.676. The third kappa shape index (κ3) is 12.3. The van der Waals surface area contributed by atoms with E-state index in [4.69, 9.17) is 9.47 Å².